The summed E-state index contributed by atoms with van der Waals surface area (Å²) < 4.78 is 5.10. The Bertz CT molecular complexity index is 361. The number of benzene rings is 1. The Morgan fingerprint density at radius 2 is 1.83 bits per heavy atom. The van der Waals surface area contributed by atoms with Crippen LogP contribution < -0.4 is 4.74 Å². The van der Waals surface area contributed by atoms with Gasteiger partial charge in [0.2, 0.25) is 5.91 Å². The van der Waals surface area contributed by atoms with Gasteiger partial charge in [-0.25, -0.2) is 0 Å². The summed E-state index contributed by atoms with van der Waals surface area (Å²) in [7, 11) is 1.66. The van der Waals surface area contributed by atoms with Crippen LogP contribution in [-0.4, -0.2) is 36.8 Å². The first-order valence-electron chi connectivity index (χ1n) is 6.25. The number of thioether (sulfide) groups is 1. The van der Waals surface area contributed by atoms with E-state index >= 15 is 0 Å². The van der Waals surface area contributed by atoms with Crippen molar-refractivity contribution < 1.29 is 9.53 Å². The predicted octanol–water partition coefficient (Wildman–Crippen LogP) is 3.05. The van der Waals surface area contributed by atoms with Crippen molar-refractivity contribution in [2.75, 3.05) is 26.0 Å². The molecule has 0 N–H and O–H groups in total. The molecule has 0 atom stereocenters. The minimum absolute atomic E-state index is 0.237. The molecule has 0 radical (unpaired) electrons. The van der Waals surface area contributed by atoms with E-state index in [1.807, 2.05) is 43.0 Å². The van der Waals surface area contributed by atoms with Crippen molar-refractivity contribution in [3.8, 4) is 5.75 Å². The Hall–Kier alpha value is -1.16. The molecule has 0 unspecified atom stereocenters. The predicted molar refractivity (Wildman–Crippen MR) is 76.3 cm³/mol. The molecule has 4 heteroatoms. The molecule has 1 aromatic rings. The van der Waals surface area contributed by atoms with Gasteiger partial charge in [-0.15, -0.1) is 11.8 Å². The summed E-state index contributed by atoms with van der Waals surface area (Å²) in [6.07, 6.45) is 0.596. The first-order valence-corrected chi connectivity index (χ1v) is 7.24. The summed E-state index contributed by atoms with van der Waals surface area (Å²) in [5.74, 6) is 1.92. The van der Waals surface area contributed by atoms with Crippen molar-refractivity contribution >= 4 is 17.7 Å². The average molecular weight is 267 g/mol. The van der Waals surface area contributed by atoms with E-state index in [2.05, 4.69) is 0 Å². The Balaban J connectivity index is 2.34. The van der Waals surface area contributed by atoms with Gasteiger partial charge in [0.15, 0.2) is 0 Å². The van der Waals surface area contributed by atoms with Gasteiger partial charge >= 0.3 is 0 Å². The summed E-state index contributed by atoms with van der Waals surface area (Å²) in [4.78, 5) is 14.8. The van der Waals surface area contributed by atoms with E-state index in [0.29, 0.717) is 6.42 Å². The highest BCUT2D eigenvalue weighted by Crippen LogP contribution is 2.21. The van der Waals surface area contributed by atoms with E-state index in [4.69, 9.17) is 4.74 Å². The van der Waals surface area contributed by atoms with Gasteiger partial charge in [-0.05, 0) is 38.1 Å². The lowest BCUT2D eigenvalue weighted by Gasteiger charge is -2.18. The number of ether oxygens (including phenoxy) is 1. The largest absolute Gasteiger partial charge is 0.497 e. The van der Waals surface area contributed by atoms with E-state index < -0.39 is 0 Å². The van der Waals surface area contributed by atoms with Crippen LogP contribution in [0.25, 0.3) is 0 Å². The van der Waals surface area contributed by atoms with Crippen LogP contribution in [-0.2, 0) is 4.79 Å². The molecule has 100 valence electrons. The quantitative estimate of drug-likeness (QED) is 0.711. The number of hydrogen-bond acceptors (Lipinski definition) is 3. The van der Waals surface area contributed by atoms with Gasteiger partial charge in [0.1, 0.15) is 5.75 Å². The van der Waals surface area contributed by atoms with E-state index in [1.165, 1.54) is 4.90 Å². The third kappa shape index (κ3) is 4.61. The van der Waals surface area contributed by atoms with Crippen LogP contribution >= 0.6 is 11.8 Å². The topological polar surface area (TPSA) is 29.5 Å². The summed E-state index contributed by atoms with van der Waals surface area (Å²) >= 11 is 1.70. The molecule has 1 amide bonds. The summed E-state index contributed by atoms with van der Waals surface area (Å²) in [5.41, 5.74) is 0. The van der Waals surface area contributed by atoms with E-state index in [-0.39, 0.29) is 5.91 Å². The van der Waals surface area contributed by atoms with Gasteiger partial charge in [0.05, 0.1) is 7.11 Å². The standard InChI is InChI=1S/C14H21NO2S/c1-4-15(5-2)14(16)10-11-18-13-8-6-12(17-3)7-9-13/h6-9H,4-5,10-11H2,1-3H3. The molecule has 1 rings (SSSR count). The molecule has 1 aromatic carbocycles. The highest BCUT2D eigenvalue weighted by Gasteiger charge is 2.08. The Kier molecular flexibility index (Phi) is 6.65. The fraction of sp³-hybridized carbons (Fsp3) is 0.500. The Morgan fingerprint density at radius 1 is 1.22 bits per heavy atom. The highest BCUT2D eigenvalue weighted by molar-refractivity contribution is 7.99. The van der Waals surface area contributed by atoms with Crippen molar-refractivity contribution in [1.29, 1.82) is 0 Å². The fourth-order valence-corrected chi connectivity index (χ4v) is 2.50. The molecule has 0 spiro atoms. The molecule has 0 saturated heterocycles. The van der Waals surface area contributed by atoms with Crippen molar-refractivity contribution in [1.82, 2.24) is 4.90 Å². The van der Waals surface area contributed by atoms with Gasteiger partial charge in [-0.2, -0.15) is 0 Å². The molecule has 0 fully saturated rings. The number of carbonyl (C=O) groups is 1. The van der Waals surface area contributed by atoms with Crippen LogP contribution in [0.4, 0.5) is 0 Å². The van der Waals surface area contributed by atoms with E-state index in [0.717, 1.165) is 24.6 Å². The molecule has 0 aliphatic heterocycles. The van der Waals surface area contributed by atoms with Gasteiger partial charge < -0.3 is 9.64 Å². The molecule has 0 aliphatic rings. The lowest BCUT2D eigenvalue weighted by Crippen LogP contribution is -2.30. The van der Waals surface area contributed by atoms with Crippen molar-refractivity contribution in [3.63, 3.8) is 0 Å². The normalized spacial score (nSPS) is 10.2. The van der Waals surface area contributed by atoms with Crippen molar-refractivity contribution in [3.05, 3.63) is 24.3 Å². The third-order valence-corrected chi connectivity index (χ3v) is 3.77. The minimum Gasteiger partial charge on any atom is -0.497 e. The Labute approximate surface area is 114 Å². The number of hydrogen-bond donors (Lipinski definition) is 0. The molecule has 0 bridgehead atoms. The lowest BCUT2D eigenvalue weighted by atomic mass is 10.3. The SMILES string of the molecule is CCN(CC)C(=O)CCSc1ccc(OC)cc1. The number of rotatable bonds is 7. The maximum absolute atomic E-state index is 11.8. The first-order chi connectivity index (χ1) is 8.71. The van der Waals surface area contributed by atoms with Gasteiger partial charge in [-0.3, -0.25) is 4.79 Å². The Morgan fingerprint density at radius 3 is 2.33 bits per heavy atom. The summed E-state index contributed by atoms with van der Waals surface area (Å²) in [5, 5.41) is 0. The highest BCUT2D eigenvalue weighted by atomic mass is 32.2. The molecular formula is C14H21NO2S. The van der Waals surface area contributed by atoms with Crippen LogP contribution in [0.15, 0.2) is 29.2 Å². The first kappa shape index (κ1) is 14.9. The smallest absolute Gasteiger partial charge is 0.223 e. The number of methoxy groups -OCH3 is 1. The number of amides is 1. The zero-order valence-corrected chi connectivity index (χ0v) is 12.1. The maximum Gasteiger partial charge on any atom is 0.223 e. The molecule has 3 nitrogen and oxygen atoms in total. The van der Waals surface area contributed by atoms with Crippen LogP contribution in [0.2, 0.25) is 0 Å². The van der Waals surface area contributed by atoms with Crippen LogP contribution in [0.5, 0.6) is 5.75 Å². The second kappa shape index (κ2) is 8.03. The van der Waals surface area contributed by atoms with Crippen molar-refractivity contribution in [2.24, 2.45) is 0 Å². The van der Waals surface area contributed by atoms with Gasteiger partial charge in [0, 0.05) is 30.2 Å². The van der Waals surface area contributed by atoms with Crippen LogP contribution in [0.1, 0.15) is 20.3 Å². The number of carbonyl (C=O) groups excluding carboxylic acids is 1. The average Bonchev–Trinajstić information content (AvgIpc) is 2.41. The molecule has 18 heavy (non-hydrogen) atoms. The summed E-state index contributed by atoms with van der Waals surface area (Å²) in [6.45, 7) is 5.61. The second-order valence-corrected chi connectivity index (χ2v) is 5.01. The van der Waals surface area contributed by atoms with Gasteiger partial charge in [0.25, 0.3) is 0 Å². The second-order valence-electron chi connectivity index (χ2n) is 3.84. The van der Waals surface area contributed by atoms with Crippen molar-refractivity contribution in [2.45, 2.75) is 25.2 Å². The van der Waals surface area contributed by atoms with Gasteiger partial charge in [-0.1, -0.05) is 0 Å². The molecule has 0 aliphatic carbocycles. The molecule has 0 saturated carbocycles. The fourth-order valence-electron chi connectivity index (χ4n) is 1.66. The maximum atomic E-state index is 11.8. The molecule has 0 aromatic heterocycles. The summed E-state index contributed by atoms with van der Waals surface area (Å²) in [6, 6.07) is 7.92. The molecule has 0 heterocycles. The monoisotopic (exact) mass is 267 g/mol. The number of nitrogens with zero attached hydrogens (tertiary/aromatic N) is 1. The zero-order chi connectivity index (χ0) is 13.4. The van der Waals surface area contributed by atoms with E-state index in [9.17, 15) is 4.79 Å². The third-order valence-electron chi connectivity index (χ3n) is 2.76. The van der Waals surface area contributed by atoms with Crippen LogP contribution in [0, 0.1) is 0 Å². The van der Waals surface area contributed by atoms with E-state index in [1.54, 1.807) is 18.9 Å². The lowest BCUT2D eigenvalue weighted by molar-refractivity contribution is -0.130. The molecular weight excluding hydrogens is 246 g/mol. The van der Waals surface area contributed by atoms with Crippen LogP contribution in [0.3, 0.4) is 0 Å². The minimum atomic E-state index is 0.237. The zero-order valence-electron chi connectivity index (χ0n) is 11.3.